The summed E-state index contributed by atoms with van der Waals surface area (Å²) in [5, 5.41) is 3.66. The summed E-state index contributed by atoms with van der Waals surface area (Å²) in [5.74, 6) is 1.41. The van der Waals surface area contributed by atoms with E-state index in [9.17, 15) is 9.59 Å². The molecule has 0 spiro atoms. The minimum Gasteiger partial charge on any atom is -0.492 e. The normalized spacial score (nSPS) is 20.5. The molecule has 180 valence electrons. The lowest BCUT2D eigenvalue weighted by Crippen LogP contribution is -2.45. The number of nitrogens with one attached hydrogen (secondary N) is 1. The average Bonchev–Trinajstić information content (AvgIpc) is 3.24. The summed E-state index contributed by atoms with van der Waals surface area (Å²) in [6, 6.07) is 5.68. The summed E-state index contributed by atoms with van der Waals surface area (Å²) in [5.41, 5.74) is 2.79. The van der Waals surface area contributed by atoms with Crippen LogP contribution in [-0.4, -0.2) is 65.9 Å². The van der Waals surface area contributed by atoms with Gasteiger partial charge in [-0.05, 0) is 63.2 Å². The first-order chi connectivity index (χ1) is 16.5. The van der Waals surface area contributed by atoms with Gasteiger partial charge in [0.1, 0.15) is 17.3 Å². The van der Waals surface area contributed by atoms with Gasteiger partial charge in [0.2, 0.25) is 5.91 Å². The van der Waals surface area contributed by atoms with Crippen molar-refractivity contribution in [2.24, 2.45) is 4.99 Å². The number of amides is 1. The molecule has 1 amide bonds. The highest BCUT2D eigenvalue weighted by atomic mass is 16.5. The first-order valence-corrected chi connectivity index (χ1v) is 12.1. The van der Waals surface area contributed by atoms with Gasteiger partial charge in [-0.15, -0.1) is 0 Å². The van der Waals surface area contributed by atoms with E-state index in [2.05, 4.69) is 33.0 Å². The first-order valence-electron chi connectivity index (χ1n) is 12.1. The fourth-order valence-electron chi connectivity index (χ4n) is 5.34. The van der Waals surface area contributed by atoms with E-state index in [1.165, 1.54) is 18.6 Å². The molecule has 5 rings (SSSR count). The Morgan fingerprint density at radius 1 is 1.32 bits per heavy atom. The maximum atomic E-state index is 12.7. The maximum absolute atomic E-state index is 12.7. The third kappa shape index (κ3) is 4.50. The fraction of sp³-hybridized carbons (Fsp3) is 0.520. The van der Waals surface area contributed by atoms with Crippen LogP contribution >= 0.6 is 0 Å². The van der Waals surface area contributed by atoms with Crippen LogP contribution in [0.5, 0.6) is 5.75 Å². The van der Waals surface area contributed by atoms with Gasteiger partial charge < -0.3 is 15.0 Å². The zero-order chi connectivity index (χ0) is 23.7. The number of hydrogen-bond donors (Lipinski definition) is 1. The quantitative estimate of drug-likeness (QED) is 0.658. The van der Waals surface area contributed by atoms with Gasteiger partial charge in [0.25, 0.3) is 5.56 Å². The fourth-order valence-corrected chi connectivity index (χ4v) is 5.34. The number of rotatable bonds is 6. The molecule has 0 radical (unpaired) electrons. The molecular weight excluding hydrogens is 432 g/mol. The van der Waals surface area contributed by atoms with Crippen LogP contribution in [0, 0.1) is 0 Å². The van der Waals surface area contributed by atoms with E-state index in [0.29, 0.717) is 24.1 Å². The van der Waals surface area contributed by atoms with Crippen molar-refractivity contribution in [3.05, 3.63) is 46.0 Å². The summed E-state index contributed by atoms with van der Waals surface area (Å²) >= 11 is 0. The number of aryl methyl sites for hydroxylation is 1. The molecule has 5 heterocycles. The average molecular weight is 465 g/mol. The molecule has 0 saturated carbocycles. The number of anilines is 1. The van der Waals surface area contributed by atoms with Crippen molar-refractivity contribution in [3.8, 4) is 5.75 Å². The smallest absolute Gasteiger partial charge is 0.252 e. The van der Waals surface area contributed by atoms with Gasteiger partial charge in [0.15, 0.2) is 0 Å². The van der Waals surface area contributed by atoms with Crippen molar-refractivity contribution < 1.29 is 9.53 Å². The Kier molecular flexibility index (Phi) is 6.47. The molecule has 3 aliphatic heterocycles. The number of pyridine rings is 2. The van der Waals surface area contributed by atoms with Gasteiger partial charge in [-0.25, -0.2) is 0 Å². The van der Waals surface area contributed by atoms with E-state index in [4.69, 9.17) is 4.74 Å². The number of nitrogens with zero attached hydrogens (tertiary/aromatic N) is 5. The van der Waals surface area contributed by atoms with Gasteiger partial charge in [0.05, 0.1) is 24.5 Å². The second kappa shape index (κ2) is 9.68. The van der Waals surface area contributed by atoms with E-state index in [1.807, 2.05) is 6.20 Å². The highest BCUT2D eigenvalue weighted by molar-refractivity contribution is 5.94. The van der Waals surface area contributed by atoms with Gasteiger partial charge in [-0.3, -0.25) is 29.0 Å². The minimum absolute atomic E-state index is 0.0838. The van der Waals surface area contributed by atoms with Crippen LogP contribution in [-0.2, 0) is 17.8 Å². The van der Waals surface area contributed by atoms with Crippen molar-refractivity contribution in [2.75, 3.05) is 37.7 Å². The van der Waals surface area contributed by atoms with Gasteiger partial charge in [-0.1, -0.05) is 0 Å². The zero-order valence-electron chi connectivity index (χ0n) is 19.7. The molecule has 9 heteroatoms. The largest absolute Gasteiger partial charge is 0.492 e. The number of carbonyl (C=O) groups is 1. The van der Waals surface area contributed by atoms with E-state index in [0.717, 1.165) is 69.9 Å². The molecule has 0 unspecified atom stereocenters. The summed E-state index contributed by atoms with van der Waals surface area (Å²) in [6.45, 7) is 9.79. The topological polar surface area (TPSA) is 92.1 Å². The van der Waals surface area contributed by atoms with Crippen molar-refractivity contribution in [3.63, 3.8) is 0 Å². The lowest BCUT2D eigenvalue weighted by atomic mass is 10.0. The van der Waals surface area contributed by atoms with Crippen LogP contribution in [0.4, 0.5) is 11.5 Å². The molecule has 34 heavy (non-hydrogen) atoms. The van der Waals surface area contributed by atoms with Crippen molar-refractivity contribution in [1.29, 1.82) is 0 Å². The van der Waals surface area contributed by atoms with E-state index in [1.54, 1.807) is 15.5 Å². The molecule has 1 fully saturated rings. The highest BCUT2D eigenvalue weighted by Crippen LogP contribution is 2.36. The number of aliphatic imine (C=N–C) groups is 1. The lowest BCUT2D eigenvalue weighted by molar-refractivity contribution is -0.116. The molecule has 1 atom stereocenters. The Morgan fingerprint density at radius 2 is 2.15 bits per heavy atom. The molecule has 2 aromatic rings. The van der Waals surface area contributed by atoms with Gasteiger partial charge in [0, 0.05) is 38.7 Å². The van der Waals surface area contributed by atoms with E-state index < -0.39 is 0 Å². The summed E-state index contributed by atoms with van der Waals surface area (Å²) in [7, 11) is 0. The van der Waals surface area contributed by atoms with Crippen LogP contribution in [0.2, 0.25) is 0 Å². The minimum atomic E-state index is -0.101. The number of hydrogen-bond acceptors (Lipinski definition) is 7. The number of fused-ring (bicyclic) bond motifs is 2. The third-order valence-corrected chi connectivity index (χ3v) is 7.12. The Hall–Kier alpha value is -3.04. The van der Waals surface area contributed by atoms with Crippen LogP contribution in [0.25, 0.3) is 0 Å². The zero-order valence-corrected chi connectivity index (χ0v) is 19.7. The van der Waals surface area contributed by atoms with Crippen LogP contribution in [0.3, 0.4) is 0 Å². The molecule has 0 aromatic carbocycles. The molecular formula is C25H32N6O3. The lowest BCUT2D eigenvalue weighted by Gasteiger charge is -2.34. The number of likely N-dealkylation sites (tertiary alicyclic amines) is 1. The number of carbonyl (C=O) groups excluding carboxylic acids is 1. The molecule has 3 aliphatic rings. The van der Waals surface area contributed by atoms with E-state index >= 15 is 0 Å². The Morgan fingerprint density at radius 3 is 2.91 bits per heavy atom. The Bertz CT molecular complexity index is 1140. The van der Waals surface area contributed by atoms with Crippen LogP contribution in [0.15, 0.2) is 34.2 Å². The van der Waals surface area contributed by atoms with Gasteiger partial charge >= 0.3 is 0 Å². The van der Waals surface area contributed by atoms with Crippen LogP contribution in [0.1, 0.15) is 43.5 Å². The number of piperidine rings is 1. The van der Waals surface area contributed by atoms with Crippen molar-refractivity contribution >= 4 is 24.1 Å². The first kappa shape index (κ1) is 22.7. The predicted molar refractivity (Wildman–Crippen MR) is 131 cm³/mol. The van der Waals surface area contributed by atoms with Crippen molar-refractivity contribution in [2.45, 2.75) is 51.2 Å². The number of ether oxygens (including phenoxy) is 1. The summed E-state index contributed by atoms with van der Waals surface area (Å²) in [6.07, 6.45) is 6.05. The summed E-state index contributed by atoms with van der Waals surface area (Å²) in [4.78, 5) is 37.6. The monoisotopic (exact) mass is 464 g/mol. The molecule has 2 aromatic heterocycles. The molecule has 0 bridgehead atoms. The second-order valence-electron chi connectivity index (χ2n) is 9.38. The second-order valence-corrected chi connectivity index (χ2v) is 9.38. The molecule has 9 nitrogen and oxygen atoms in total. The Labute approximate surface area is 199 Å². The molecule has 1 N–H and O–H groups in total. The van der Waals surface area contributed by atoms with Crippen molar-refractivity contribution in [1.82, 2.24) is 19.8 Å². The maximum Gasteiger partial charge on any atom is 0.252 e. The standard InChI is InChI=1S/C25H32N6O3/c1-17(32)30-16-21(31-24(33)6-5-22(26-2)25(30)31)15-29-9-7-19(8-10-29)27-13-20-12-18-4-3-11-34-23(18)14-28-20/h5-6,12,14,19,21,27H,2-4,7-11,13,15-16H2,1H3/t21-/m1/s1. The van der Waals surface area contributed by atoms with E-state index in [-0.39, 0.29) is 17.5 Å². The highest BCUT2D eigenvalue weighted by Gasteiger charge is 2.35. The van der Waals surface area contributed by atoms with Crippen LogP contribution < -0.4 is 20.5 Å². The van der Waals surface area contributed by atoms with Gasteiger partial charge in [-0.2, -0.15) is 0 Å². The predicted octanol–water partition coefficient (Wildman–Crippen LogP) is 2.06. The third-order valence-electron chi connectivity index (χ3n) is 7.12. The SMILES string of the molecule is C=Nc1ccc(=O)n2c1N(C(C)=O)C[C@H]2CN1CCC(NCc2cc3c(cn2)OCCC3)CC1. The Balaban J connectivity index is 1.18. The molecule has 1 saturated heterocycles. The summed E-state index contributed by atoms with van der Waals surface area (Å²) < 4.78 is 7.38. The number of aromatic nitrogens is 2. The molecule has 0 aliphatic carbocycles.